The van der Waals surface area contributed by atoms with Crippen LogP contribution in [0.15, 0.2) is 73.0 Å². The van der Waals surface area contributed by atoms with E-state index in [9.17, 15) is 4.79 Å². The number of imidazole rings is 1. The molecule has 0 spiro atoms. The van der Waals surface area contributed by atoms with Gasteiger partial charge in [0.25, 0.3) is 0 Å². The van der Waals surface area contributed by atoms with Crippen LogP contribution < -0.4 is 0 Å². The van der Waals surface area contributed by atoms with Crippen molar-refractivity contribution in [2.75, 3.05) is 7.11 Å². The average molecular weight is 402 g/mol. The van der Waals surface area contributed by atoms with Gasteiger partial charge in [0.1, 0.15) is 5.01 Å². The molecule has 144 valence electrons. The number of carbonyl (C=O) groups is 1. The summed E-state index contributed by atoms with van der Waals surface area (Å²) in [5.74, 6) is -0.377. The van der Waals surface area contributed by atoms with E-state index in [0.717, 1.165) is 27.3 Å². The van der Waals surface area contributed by atoms with Gasteiger partial charge in [-0.2, -0.15) is 0 Å². The molecule has 7 heteroatoms. The highest BCUT2D eigenvalue weighted by Gasteiger charge is 2.14. The summed E-state index contributed by atoms with van der Waals surface area (Å²) in [5, 5.41) is 2.90. The van der Waals surface area contributed by atoms with E-state index in [1.54, 1.807) is 48.5 Å². The number of aromatic nitrogens is 4. The number of hydrogen-bond donors (Lipinski definition) is 0. The molecule has 29 heavy (non-hydrogen) atoms. The van der Waals surface area contributed by atoms with E-state index in [0.29, 0.717) is 12.1 Å². The van der Waals surface area contributed by atoms with Crippen molar-refractivity contribution in [2.24, 2.45) is 0 Å². The number of carbonyl (C=O) groups excluding carboxylic acids is 1. The van der Waals surface area contributed by atoms with Crippen molar-refractivity contribution in [1.29, 1.82) is 0 Å². The van der Waals surface area contributed by atoms with Crippen LogP contribution >= 0.6 is 11.3 Å². The van der Waals surface area contributed by atoms with Crippen LogP contribution in [0.3, 0.4) is 0 Å². The molecule has 0 bridgehead atoms. The normalized spacial score (nSPS) is 11.4. The van der Waals surface area contributed by atoms with E-state index in [4.69, 9.17) is 4.74 Å². The molecule has 3 aromatic heterocycles. The summed E-state index contributed by atoms with van der Waals surface area (Å²) in [6.45, 7) is 0.647. The third kappa shape index (κ3) is 4.30. The lowest BCUT2D eigenvalue weighted by Gasteiger charge is -2.11. The standard InChI is InChI=1S/C22H18N4O2S/c1-28-22(27)19-5-4-16(12-20(19)17-3-2-6-23-13-17)11-18(21-25-8-10-29-21)14-26-9-7-24-15-26/h2-13,15H,14H2,1H3/b18-11-. The average Bonchev–Trinajstić information content (AvgIpc) is 3.47. The first-order valence-corrected chi connectivity index (χ1v) is 9.81. The highest BCUT2D eigenvalue weighted by atomic mass is 32.1. The third-order valence-electron chi connectivity index (χ3n) is 4.38. The summed E-state index contributed by atoms with van der Waals surface area (Å²) in [5.41, 5.74) is 4.15. The molecular formula is C22H18N4O2S. The molecule has 0 aliphatic carbocycles. The fourth-order valence-corrected chi connectivity index (χ4v) is 3.68. The fraction of sp³-hybridized carbons (Fsp3) is 0.0909. The zero-order valence-corrected chi connectivity index (χ0v) is 16.5. The molecule has 3 heterocycles. The molecule has 0 saturated heterocycles. The van der Waals surface area contributed by atoms with Crippen molar-refractivity contribution in [3.8, 4) is 11.1 Å². The lowest BCUT2D eigenvalue weighted by atomic mass is 9.97. The van der Waals surface area contributed by atoms with Crippen LogP contribution in [0.2, 0.25) is 0 Å². The first kappa shape index (κ1) is 18.8. The topological polar surface area (TPSA) is 69.9 Å². The number of pyridine rings is 1. The number of rotatable bonds is 6. The van der Waals surface area contributed by atoms with Crippen molar-refractivity contribution in [1.82, 2.24) is 19.5 Å². The zero-order valence-electron chi connectivity index (χ0n) is 15.7. The number of ether oxygens (including phenoxy) is 1. The van der Waals surface area contributed by atoms with Gasteiger partial charge in [-0.15, -0.1) is 11.3 Å². The van der Waals surface area contributed by atoms with Crippen LogP contribution in [0.4, 0.5) is 0 Å². The van der Waals surface area contributed by atoms with E-state index in [2.05, 4.69) is 21.0 Å². The molecular weight excluding hydrogens is 384 g/mol. The van der Waals surface area contributed by atoms with Gasteiger partial charge in [0.15, 0.2) is 0 Å². The molecule has 4 aromatic rings. The summed E-state index contributed by atoms with van der Waals surface area (Å²) < 4.78 is 6.95. The molecule has 0 aliphatic heterocycles. The van der Waals surface area contributed by atoms with Gasteiger partial charge < -0.3 is 9.30 Å². The summed E-state index contributed by atoms with van der Waals surface area (Å²) >= 11 is 1.59. The van der Waals surface area contributed by atoms with E-state index in [1.807, 2.05) is 40.4 Å². The Balaban J connectivity index is 1.79. The number of allylic oxidation sites excluding steroid dienone is 1. The Labute approximate surface area is 172 Å². The summed E-state index contributed by atoms with van der Waals surface area (Å²) in [4.78, 5) is 25.0. The van der Waals surface area contributed by atoms with Crippen molar-refractivity contribution < 1.29 is 9.53 Å². The zero-order chi connectivity index (χ0) is 20.1. The third-order valence-corrected chi connectivity index (χ3v) is 5.23. The lowest BCUT2D eigenvalue weighted by molar-refractivity contribution is 0.0601. The van der Waals surface area contributed by atoms with Crippen molar-refractivity contribution in [2.45, 2.75) is 6.54 Å². The summed E-state index contributed by atoms with van der Waals surface area (Å²) in [7, 11) is 1.38. The van der Waals surface area contributed by atoms with Gasteiger partial charge in [0.2, 0.25) is 0 Å². The Morgan fingerprint density at radius 2 is 2.14 bits per heavy atom. The first-order chi connectivity index (χ1) is 14.2. The Hall–Kier alpha value is -3.58. The number of esters is 1. The highest BCUT2D eigenvalue weighted by molar-refractivity contribution is 7.10. The van der Waals surface area contributed by atoms with E-state index < -0.39 is 0 Å². The van der Waals surface area contributed by atoms with Crippen LogP contribution in [0.25, 0.3) is 22.8 Å². The van der Waals surface area contributed by atoms with Gasteiger partial charge in [0.05, 0.1) is 25.5 Å². The first-order valence-electron chi connectivity index (χ1n) is 8.93. The minimum atomic E-state index is -0.377. The summed E-state index contributed by atoms with van der Waals surface area (Å²) in [6, 6.07) is 9.45. The number of nitrogens with zero attached hydrogens (tertiary/aromatic N) is 4. The molecule has 0 saturated carbocycles. The Kier molecular flexibility index (Phi) is 5.58. The second-order valence-corrected chi connectivity index (χ2v) is 7.17. The maximum atomic E-state index is 12.3. The maximum absolute atomic E-state index is 12.3. The minimum Gasteiger partial charge on any atom is -0.465 e. The predicted molar refractivity (Wildman–Crippen MR) is 113 cm³/mol. The molecule has 0 fully saturated rings. The van der Waals surface area contributed by atoms with E-state index >= 15 is 0 Å². The number of thiazole rings is 1. The quantitative estimate of drug-likeness (QED) is 0.446. The largest absolute Gasteiger partial charge is 0.465 e. The van der Waals surface area contributed by atoms with Crippen LogP contribution in [-0.4, -0.2) is 32.6 Å². The van der Waals surface area contributed by atoms with Crippen LogP contribution in [0.1, 0.15) is 20.9 Å². The highest BCUT2D eigenvalue weighted by Crippen LogP contribution is 2.28. The Morgan fingerprint density at radius 3 is 2.83 bits per heavy atom. The second-order valence-electron chi connectivity index (χ2n) is 6.28. The maximum Gasteiger partial charge on any atom is 0.338 e. The SMILES string of the molecule is COC(=O)c1ccc(/C=C(/Cn2ccnc2)c2nccs2)cc1-c1cccnc1. The van der Waals surface area contributed by atoms with Crippen LogP contribution in [-0.2, 0) is 11.3 Å². The Morgan fingerprint density at radius 1 is 1.21 bits per heavy atom. The molecule has 0 N–H and O–H groups in total. The van der Waals surface area contributed by atoms with Crippen molar-refractivity contribution in [3.05, 3.63) is 89.2 Å². The van der Waals surface area contributed by atoms with E-state index in [1.165, 1.54) is 7.11 Å². The van der Waals surface area contributed by atoms with E-state index in [-0.39, 0.29) is 5.97 Å². The van der Waals surface area contributed by atoms with Gasteiger partial charge in [-0.05, 0) is 35.4 Å². The lowest BCUT2D eigenvalue weighted by Crippen LogP contribution is -2.04. The van der Waals surface area contributed by atoms with Crippen molar-refractivity contribution >= 4 is 29.0 Å². The smallest absolute Gasteiger partial charge is 0.338 e. The number of methoxy groups -OCH3 is 1. The molecule has 0 amide bonds. The molecule has 0 radical (unpaired) electrons. The second kappa shape index (κ2) is 8.62. The molecule has 0 aliphatic rings. The molecule has 4 rings (SSSR count). The van der Waals surface area contributed by atoms with Gasteiger partial charge in [0, 0.05) is 47.5 Å². The van der Waals surface area contributed by atoms with Crippen molar-refractivity contribution in [3.63, 3.8) is 0 Å². The predicted octanol–water partition coefficient (Wildman–Crippen LogP) is 4.43. The van der Waals surface area contributed by atoms with Gasteiger partial charge >= 0.3 is 5.97 Å². The molecule has 0 unspecified atom stereocenters. The van der Waals surface area contributed by atoms with Gasteiger partial charge in [-0.25, -0.2) is 14.8 Å². The minimum absolute atomic E-state index is 0.377. The molecule has 6 nitrogen and oxygen atoms in total. The van der Waals surface area contributed by atoms with Gasteiger partial charge in [-0.3, -0.25) is 4.98 Å². The Bertz CT molecular complexity index is 1120. The van der Waals surface area contributed by atoms with Gasteiger partial charge in [-0.1, -0.05) is 12.1 Å². The van der Waals surface area contributed by atoms with Crippen LogP contribution in [0, 0.1) is 0 Å². The fourth-order valence-electron chi connectivity index (χ4n) is 3.04. The molecule has 1 aromatic carbocycles. The summed E-state index contributed by atoms with van der Waals surface area (Å²) in [6.07, 6.45) is 12.8. The number of hydrogen-bond acceptors (Lipinski definition) is 6. The molecule has 0 atom stereocenters. The van der Waals surface area contributed by atoms with Crippen LogP contribution in [0.5, 0.6) is 0 Å². The number of benzene rings is 1. The monoisotopic (exact) mass is 402 g/mol.